The molecule has 0 N–H and O–H groups in total. The smallest absolute Gasteiger partial charge is 0.485 e. The van der Waals surface area contributed by atoms with Crippen LogP contribution in [0.4, 0.5) is 13.2 Å². The molecular weight excluding hydrogens is 582 g/mol. The summed E-state index contributed by atoms with van der Waals surface area (Å²) in [7, 11) is -6.28. The summed E-state index contributed by atoms with van der Waals surface area (Å²) in [4.78, 5) is 3.87. The number of alkyl halides is 3. The molecule has 5 nitrogen and oxygen atoms in total. The molecule has 0 saturated heterocycles. The zero-order valence-electron chi connectivity index (χ0n) is 21.9. The van der Waals surface area contributed by atoms with Crippen LogP contribution >= 0.6 is 11.3 Å². The molecule has 0 atom stereocenters. The Morgan fingerprint density at radius 1 is 0.750 bits per heavy atom. The molecular formula is C29H29F3O5S3. The van der Waals surface area contributed by atoms with Crippen LogP contribution in [0.1, 0.15) is 26.7 Å². The summed E-state index contributed by atoms with van der Waals surface area (Å²) in [6.45, 7) is 5.74. The van der Waals surface area contributed by atoms with Gasteiger partial charge in [-0.1, -0.05) is 55.5 Å². The maximum Gasteiger partial charge on any atom is 0.485 e. The van der Waals surface area contributed by atoms with E-state index in [1.165, 1.54) is 24.4 Å². The van der Waals surface area contributed by atoms with Crippen molar-refractivity contribution in [2.75, 3.05) is 13.2 Å². The quantitative estimate of drug-likeness (QED) is 0.103. The van der Waals surface area contributed by atoms with Gasteiger partial charge in [0.1, 0.15) is 22.4 Å². The van der Waals surface area contributed by atoms with Gasteiger partial charge in [0.15, 0.2) is 19.9 Å². The molecule has 11 heteroatoms. The summed E-state index contributed by atoms with van der Waals surface area (Å²) >= 11 is 1.87. The van der Waals surface area contributed by atoms with Crippen LogP contribution in [-0.2, 0) is 21.0 Å². The molecule has 0 aliphatic rings. The van der Waals surface area contributed by atoms with Gasteiger partial charge in [-0.2, -0.15) is 13.2 Å². The number of halogens is 3. The van der Waals surface area contributed by atoms with Crippen LogP contribution in [0.5, 0.6) is 11.5 Å². The zero-order chi connectivity index (χ0) is 29.2. The Kier molecular flexibility index (Phi) is 11.5. The summed E-state index contributed by atoms with van der Waals surface area (Å²) in [5, 5.41) is 0. The lowest BCUT2D eigenvalue weighted by atomic mass is 10.2. The summed E-state index contributed by atoms with van der Waals surface area (Å²) < 4.78 is 71.9. The third-order valence-electron chi connectivity index (χ3n) is 5.19. The van der Waals surface area contributed by atoms with Crippen LogP contribution in [0.25, 0.3) is 10.4 Å². The molecule has 0 unspecified atom stereocenters. The number of hydrogen-bond acceptors (Lipinski definition) is 6. The van der Waals surface area contributed by atoms with Crippen molar-refractivity contribution in [3.05, 3.63) is 91.0 Å². The van der Waals surface area contributed by atoms with Gasteiger partial charge in [-0.3, -0.25) is 0 Å². The Bertz CT molecular complexity index is 1370. The van der Waals surface area contributed by atoms with Crippen LogP contribution < -0.4 is 9.47 Å². The first-order valence-corrected chi connectivity index (χ1v) is 15.9. The van der Waals surface area contributed by atoms with E-state index in [0.29, 0.717) is 0 Å². The lowest BCUT2D eigenvalue weighted by molar-refractivity contribution is -0.0517. The summed E-state index contributed by atoms with van der Waals surface area (Å²) in [5.41, 5.74) is -4.38. The molecule has 0 amide bonds. The molecule has 1 heterocycles. The number of thiophene rings is 1. The molecule has 1 aromatic heterocycles. The molecule has 214 valence electrons. The first kappa shape index (κ1) is 31.5. The molecule has 0 saturated carbocycles. The van der Waals surface area contributed by atoms with Crippen molar-refractivity contribution in [1.29, 1.82) is 0 Å². The zero-order valence-corrected chi connectivity index (χ0v) is 24.3. The van der Waals surface area contributed by atoms with Crippen LogP contribution in [0.3, 0.4) is 0 Å². The lowest BCUT2D eigenvalue weighted by Gasteiger charge is -2.09. The van der Waals surface area contributed by atoms with Crippen LogP contribution in [-0.4, -0.2) is 31.7 Å². The monoisotopic (exact) mass is 610 g/mol. The van der Waals surface area contributed by atoms with Crippen molar-refractivity contribution in [2.24, 2.45) is 0 Å². The minimum absolute atomic E-state index is 0.188. The van der Waals surface area contributed by atoms with Gasteiger partial charge >= 0.3 is 5.51 Å². The molecule has 0 aliphatic heterocycles. The molecule has 4 aromatic rings. The van der Waals surface area contributed by atoms with E-state index in [4.69, 9.17) is 22.4 Å². The summed E-state index contributed by atoms with van der Waals surface area (Å²) in [5.74, 6) is 1.86. The van der Waals surface area contributed by atoms with Gasteiger partial charge < -0.3 is 14.0 Å². The Labute approximate surface area is 239 Å². The molecule has 0 aliphatic carbocycles. The van der Waals surface area contributed by atoms with Crippen molar-refractivity contribution in [3.8, 4) is 21.9 Å². The van der Waals surface area contributed by atoms with E-state index in [2.05, 4.69) is 105 Å². The molecule has 40 heavy (non-hydrogen) atoms. The highest BCUT2D eigenvalue weighted by Crippen LogP contribution is 2.39. The molecule has 3 aromatic carbocycles. The fraction of sp³-hybridized carbons (Fsp3) is 0.241. The number of ether oxygens (including phenoxy) is 2. The van der Waals surface area contributed by atoms with Crippen molar-refractivity contribution >= 4 is 32.3 Å². The third-order valence-corrected chi connectivity index (χ3v) is 9.46. The van der Waals surface area contributed by atoms with E-state index in [0.717, 1.165) is 37.6 Å². The predicted octanol–water partition coefficient (Wildman–Crippen LogP) is 8.14. The van der Waals surface area contributed by atoms with Gasteiger partial charge in [-0.05, 0) is 73.0 Å². The minimum Gasteiger partial charge on any atom is -0.741 e. The van der Waals surface area contributed by atoms with Gasteiger partial charge in [-0.15, -0.1) is 0 Å². The Morgan fingerprint density at radius 2 is 1.20 bits per heavy atom. The highest BCUT2D eigenvalue weighted by molar-refractivity contribution is 7.99. The maximum atomic E-state index is 10.7. The van der Waals surface area contributed by atoms with E-state index >= 15 is 0 Å². The minimum atomic E-state index is -6.09. The van der Waals surface area contributed by atoms with Crippen LogP contribution in [0, 0.1) is 0 Å². The molecule has 0 bridgehead atoms. The first-order valence-electron chi connectivity index (χ1n) is 12.4. The fourth-order valence-corrected chi connectivity index (χ4v) is 7.02. The second-order valence-electron chi connectivity index (χ2n) is 8.33. The van der Waals surface area contributed by atoms with Gasteiger partial charge in [0.2, 0.25) is 4.21 Å². The maximum absolute atomic E-state index is 10.7. The highest BCUT2D eigenvalue weighted by atomic mass is 32.2. The summed E-state index contributed by atoms with van der Waals surface area (Å²) in [6.07, 6.45) is 2.02. The standard InChI is InChI=1S/C28H29O2S2.CHF3O3S/c1-3-20-29-23-10-14-25(15-11-23)32(26-16-12-24(13-17-26)30-21-4-2)28-19-18-27(31-28)22-8-6-5-7-9-22;2-1(3,4)8(5,6)7/h5-19H,3-4,20-21H2,1-2H3;(H,5,6,7)/q+1;/p-1. The SMILES string of the molecule is CCCOc1ccc([S+](c2ccc(OCCC)cc2)c2ccc(-c3ccccc3)s2)cc1.O=S(=O)([O-])C(F)(F)F. The van der Waals surface area contributed by atoms with Crippen LogP contribution in [0.15, 0.2) is 105 Å². The Balaban J connectivity index is 0.000000482. The topological polar surface area (TPSA) is 75.7 Å². The van der Waals surface area contributed by atoms with Crippen molar-refractivity contribution in [2.45, 2.75) is 46.2 Å². The molecule has 4 rings (SSSR count). The Morgan fingerprint density at radius 3 is 1.60 bits per heavy atom. The van der Waals surface area contributed by atoms with Crippen LogP contribution in [0.2, 0.25) is 0 Å². The fourth-order valence-electron chi connectivity index (χ4n) is 3.34. The van der Waals surface area contributed by atoms with Crippen molar-refractivity contribution < 1.29 is 35.6 Å². The average molecular weight is 611 g/mol. The number of benzene rings is 3. The normalized spacial score (nSPS) is 11.6. The first-order chi connectivity index (χ1) is 19.0. The van der Waals surface area contributed by atoms with E-state index in [-0.39, 0.29) is 10.9 Å². The van der Waals surface area contributed by atoms with E-state index in [1.807, 2.05) is 11.3 Å². The van der Waals surface area contributed by atoms with Crippen molar-refractivity contribution in [1.82, 2.24) is 0 Å². The number of rotatable bonds is 10. The molecule has 0 radical (unpaired) electrons. The Hall–Kier alpha value is -2.99. The second-order valence-corrected chi connectivity index (χ2v) is 13.0. The largest absolute Gasteiger partial charge is 0.741 e. The van der Waals surface area contributed by atoms with Gasteiger partial charge in [0.25, 0.3) is 0 Å². The van der Waals surface area contributed by atoms with Gasteiger partial charge in [0.05, 0.1) is 13.2 Å². The van der Waals surface area contributed by atoms with E-state index in [9.17, 15) is 13.2 Å². The number of hydrogen-bond donors (Lipinski definition) is 0. The summed E-state index contributed by atoms with van der Waals surface area (Å²) in [6, 6.07) is 32.3. The van der Waals surface area contributed by atoms with Crippen molar-refractivity contribution in [3.63, 3.8) is 0 Å². The molecule has 0 fully saturated rings. The second kappa shape index (κ2) is 14.6. The van der Waals surface area contributed by atoms with E-state index < -0.39 is 15.6 Å². The average Bonchev–Trinajstić information content (AvgIpc) is 3.42. The highest BCUT2D eigenvalue weighted by Gasteiger charge is 2.37. The lowest BCUT2D eigenvalue weighted by Crippen LogP contribution is -2.21. The molecule has 0 spiro atoms. The third kappa shape index (κ3) is 9.02. The van der Waals surface area contributed by atoms with Gasteiger partial charge in [-0.25, -0.2) is 8.42 Å². The van der Waals surface area contributed by atoms with E-state index in [1.54, 1.807) is 0 Å². The van der Waals surface area contributed by atoms with Gasteiger partial charge in [0, 0.05) is 10.9 Å². The predicted molar refractivity (Wildman–Crippen MR) is 152 cm³/mol.